The number of alkyl halides is 1. The highest BCUT2D eigenvalue weighted by molar-refractivity contribution is 5.91. The summed E-state index contributed by atoms with van der Waals surface area (Å²) in [6.45, 7) is 4.73. The third-order valence-corrected chi connectivity index (χ3v) is 5.94. The van der Waals surface area contributed by atoms with Gasteiger partial charge in [-0.2, -0.15) is 0 Å². The Balaban J connectivity index is 1.76. The van der Waals surface area contributed by atoms with Crippen LogP contribution in [0.15, 0.2) is 59.0 Å². The molecule has 1 fully saturated rings. The largest absolute Gasteiger partial charge is 0.514 e. The van der Waals surface area contributed by atoms with E-state index in [0.717, 1.165) is 43.1 Å². The Bertz CT molecular complexity index is 906. The van der Waals surface area contributed by atoms with Gasteiger partial charge in [-0.3, -0.25) is 4.99 Å². The van der Waals surface area contributed by atoms with Crippen LogP contribution in [-0.2, 0) is 16.1 Å². The van der Waals surface area contributed by atoms with Gasteiger partial charge in [0, 0.05) is 19.4 Å². The van der Waals surface area contributed by atoms with Gasteiger partial charge < -0.3 is 19.7 Å². The van der Waals surface area contributed by atoms with Crippen LogP contribution in [0.3, 0.4) is 0 Å². The maximum absolute atomic E-state index is 12.3. The number of aromatic carboxylic acids is 1. The van der Waals surface area contributed by atoms with Gasteiger partial charge in [0.2, 0.25) is 0 Å². The lowest BCUT2D eigenvalue weighted by atomic mass is 9.82. The lowest BCUT2D eigenvalue weighted by Gasteiger charge is -2.29. The summed E-state index contributed by atoms with van der Waals surface area (Å²) < 4.78 is 24.0. The molecule has 1 saturated carbocycles. The molecule has 0 heterocycles. The molecule has 2 unspecified atom stereocenters. The van der Waals surface area contributed by atoms with Crippen molar-refractivity contribution in [3.05, 3.63) is 70.6 Å². The van der Waals surface area contributed by atoms with E-state index in [1.54, 1.807) is 37.4 Å². The zero-order valence-electron chi connectivity index (χ0n) is 20.1. The summed E-state index contributed by atoms with van der Waals surface area (Å²) in [5, 5.41) is 18.9. The Hall–Kier alpha value is -2.77. The number of aliphatic imine (C=N–C) groups is 1. The van der Waals surface area contributed by atoms with E-state index < -0.39 is 12.6 Å². The van der Waals surface area contributed by atoms with Crippen LogP contribution in [0.2, 0.25) is 0 Å². The van der Waals surface area contributed by atoms with E-state index in [9.17, 15) is 19.4 Å². The van der Waals surface area contributed by atoms with Crippen molar-refractivity contribution in [3.8, 4) is 0 Å². The first kappa shape index (κ1) is 27.5. The molecular formula is C27H36FNO5. The number of ether oxygens (including phenoxy) is 2. The van der Waals surface area contributed by atoms with Crippen molar-refractivity contribution < 1.29 is 28.9 Å². The molecule has 0 amide bonds. The zero-order valence-corrected chi connectivity index (χ0v) is 20.1. The van der Waals surface area contributed by atoms with Crippen LogP contribution >= 0.6 is 0 Å². The summed E-state index contributed by atoms with van der Waals surface area (Å²) in [6.07, 6.45) is 11.6. The molecule has 1 aliphatic rings. The van der Waals surface area contributed by atoms with Gasteiger partial charge in [-0.25, -0.2) is 9.18 Å². The summed E-state index contributed by atoms with van der Waals surface area (Å²) in [6, 6.07) is 5.46. The molecule has 6 nitrogen and oxygen atoms in total. The van der Waals surface area contributed by atoms with Crippen molar-refractivity contribution in [1.29, 1.82) is 0 Å². The Morgan fingerprint density at radius 3 is 2.62 bits per heavy atom. The number of aryl methyl sites for hydroxylation is 1. The molecule has 0 saturated heterocycles. The Morgan fingerprint density at radius 1 is 1.24 bits per heavy atom. The van der Waals surface area contributed by atoms with Crippen LogP contribution in [0, 0.1) is 18.8 Å². The molecule has 34 heavy (non-hydrogen) atoms. The number of carboxylic acids is 1. The predicted octanol–water partition coefficient (Wildman–Crippen LogP) is 5.98. The lowest BCUT2D eigenvalue weighted by Crippen LogP contribution is -2.23. The fourth-order valence-electron chi connectivity index (χ4n) is 4.19. The molecule has 1 aromatic carbocycles. The van der Waals surface area contributed by atoms with Crippen LogP contribution in [0.4, 0.5) is 4.39 Å². The Morgan fingerprint density at radius 2 is 1.97 bits per heavy atom. The van der Waals surface area contributed by atoms with Crippen molar-refractivity contribution in [2.75, 3.05) is 26.5 Å². The van der Waals surface area contributed by atoms with Crippen LogP contribution in [-0.4, -0.2) is 48.9 Å². The van der Waals surface area contributed by atoms with Crippen molar-refractivity contribution in [2.45, 2.75) is 46.1 Å². The van der Waals surface area contributed by atoms with Crippen molar-refractivity contribution in [3.63, 3.8) is 0 Å². The van der Waals surface area contributed by atoms with Gasteiger partial charge in [0.05, 0.1) is 18.8 Å². The van der Waals surface area contributed by atoms with Gasteiger partial charge in [0.1, 0.15) is 18.6 Å². The summed E-state index contributed by atoms with van der Waals surface area (Å²) >= 11 is 0. The van der Waals surface area contributed by atoms with E-state index >= 15 is 0 Å². The summed E-state index contributed by atoms with van der Waals surface area (Å²) in [7, 11) is 0. The number of rotatable bonds is 13. The maximum atomic E-state index is 12.3. The number of aliphatic hydroxyl groups is 1. The van der Waals surface area contributed by atoms with E-state index in [1.165, 1.54) is 6.08 Å². The van der Waals surface area contributed by atoms with Gasteiger partial charge in [0.25, 0.3) is 0 Å². The summed E-state index contributed by atoms with van der Waals surface area (Å²) in [5.74, 6) is -0.116. The van der Waals surface area contributed by atoms with Gasteiger partial charge in [-0.1, -0.05) is 42.8 Å². The van der Waals surface area contributed by atoms with Crippen LogP contribution < -0.4 is 0 Å². The van der Waals surface area contributed by atoms with Gasteiger partial charge in [0.15, 0.2) is 0 Å². The molecule has 0 bridgehead atoms. The highest BCUT2D eigenvalue weighted by Crippen LogP contribution is 2.30. The summed E-state index contributed by atoms with van der Waals surface area (Å²) in [4.78, 5) is 15.8. The molecule has 2 rings (SSSR count). The van der Waals surface area contributed by atoms with Crippen LogP contribution in [0.5, 0.6) is 0 Å². The lowest BCUT2D eigenvalue weighted by molar-refractivity contribution is 0.0403. The predicted molar refractivity (Wildman–Crippen MR) is 132 cm³/mol. The third kappa shape index (κ3) is 9.23. The number of allylic oxidation sites excluding steroid dienone is 4. The first-order valence-electron chi connectivity index (χ1n) is 11.7. The smallest absolute Gasteiger partial charge is 0.336 e. The molecule has 2 atom stereocenters. The average molecular weight is 474 g/mol. The molecule has 1 aliphatic carbocycles. The average Bonchev–Trinajstić information content (AvgIpc) is 2.83. The normalized spacial score (nSPS) is 19.9. The number of hydrogen-bond acceptors (Lipinski definition) is 5. The number of halogens is 1. The minimum atomic E-state index is -0.926. The SMILES string of the molecule is C/C=C(\C=C/CF)/C=N/C(=C\O)COCC1CCCC(COCc2cccc(C)c2C(=O)O)C1. The second-order valence-electron chi connectivity index (χ2n) is 8.57. The Kier molecular flexibility index (Phi) is 12.3. The molecule has 7 heteroatoms. The summed E-state index contributed by atoms with van der Waals surface area (Å²) in [5.41, 5.74) is 2.91. The number of benzene rings is 1. The molecular weight excluding hydrogens is 437 g/mol. The minimum Gasteiger partial charge on any atom is -0.514 e. The minimum absolute atomic E-state index is 0.194. The molecule has 0 aliphatic heterocycles. The zero-order chi connectivity index (χ0) is 24.8. The number of carbonyl (C=O) groups is 1. The molecule has 2 N–H and O–H groups in total. The van der Waals surface area contributed by atoms with Crippen LogP contribution in [0.25, 0.3) is 0 Å². The van der Waals surface area contributed by atoms with E-state index in [0.29, 0.717) is 48.5 Å². The van der Waals surface area contributed by atoms with E-state index in [-0.39, 0.29) is 6.61 Å². The molecule has 0 aromatic heterocycles. The van der Waals surface area contributed by atoms with E-state index in [1.807, 2.05) is 13.0 Å². The molecule has 1 aromatic rings. The number of carboxylic acid groups (broad SMARTS) is 1. The quantitative estimate of drug-likeness (QED) is 0.209. The first-order chi connectivity index (χ1) is 16.5. The second-order valence-corrected chi connectivity index (χ2v) is 8.57. The molecule has 0 radical (unpaired) electrons. The van der Waals surface area contributed by atoms with Crippen molar-refractivity contribution >= 4 is 12.2 Å². The number of nitrogens with zero attached hydrogens (tertiary/aromatic N) is 1. The van der Waals surface area contributed by atoms with Gasteiger partial charge in [-0.05, 0) is 61.6 Å². The maximum Gasteiger partial charge on any atom is 0.336 e. The second kappa shape index (κ2) is 15.2. The van der Waals surface area contributed by atoms with E-state index in [4.69, 9.17) is 9.47 Å². The standard InChI is InChI=1S/C27H36FNO5/c1-3-21(10-6-12-28)14-29-25(15-30)19-34-17-23-9-5-8-22(13-23)16-33-18-24-11-4-7-20(2)26(24)27(31)32/h3-4,6-7,10-11,14-15,22-23,30H,5,8-9,12-13,16-19H2,1-2H3,(H,31,32)/b10-6-,21-3+,25-15-,29-14+. The van der Waals surface area contributed by atoms with E-state index in [2.05, 4.69) is 4.99 Å². The van der Waals surface area contributed by atoms with Gasteiger partial charge >= 0.3 is 5.97 Å². The molecule has 0 spiro atoms. The first-order valence-corrected chi connectivity index (χ1v) is 11.7. The third-order valence-electron chi connectivity index (χ3n) is 5.94. The van der Waals surface area contributed by atoms with Gasteiger partial charge in [-0.15, -0.1) is 0 Å². The highest BCUT2D eigenvalue weighted by atomic mass is 19.1. The fourth-order valence-corrected chi connectivity index (χ4v) is 4.19. The fraction of sp³-hybridized carbons (Fsp3) is 0.481. The highest BCUT2D eigenvalue weighted by Gasteiger charge is 2.23. The van der Waals surface area contributed by atoms with Crippen molar-refractivity contribution in [1.82, 2.24) is 0 Å². The number of aliphatic hydroxyl groups excluding tert-OH is 1. The van der Waals surface area contributed by atoms with Crippen LogP contribution in [0.1, 0.15) is 54.1 Å². The monoisotopic (exact) mass is 473 g/mol. The number of hydrogen-bond donors (Lipinski definition) is 2. The topological polar surface area (TPSA) is 88.4 Å². The van der Waals surface area contributed by atoms with Crippen molar-refractivity contribution in [2.24, 2.45) is 16.8 Å². The molecule has 186 valence electrons. The Labute approximate surface area is 201 Å².